The van der Waals surface area contributed by atoms with Gasteiger partial charge in [0.2, 0.25) is 11.0 Å². The van der Waals surface area contributed by atoms with Crippen LogP contribution in [0.4, 0.5) is 5.69 Å². The van der Waals surface area contributed by atoms with Gasteiger partial charge in [-0.25, -0.2) is 0 Å². The van der Waals surface area contributed by atoms with Crippen molar-refractivity contribution >= 4 is 17.4 Å². The van der Waals surface area contributed by atoms with Gasteiger partial charge in [0, 0.05) is 22.6 Å². The first-order valence-electron chi connectivity index (χ1n) is 9.93. The number of hydrogen-bond acceptors (Lipinski definition) is 7. The lowest BCUT2D eigenvalue weighted by Crippen LogP contribution is -2.17. The van der Waals surface area contributed by atoms with Gasteiger partial charge < -0.3 is 15.2 Å². The van der Waals surface area contributed by atoms with Crippen LogP contribution in [0.5, 0.6) is 11.6 Å². The molecule has 1 atom stereocenters. The first-order valence-corrected chi connectivity index (χ1v) is 10.9. The maximum atomic E-state index is 9.88. The Morgan fingerprint density at radius 1 is 1.07 bits per heavy atom. The molecule has 0 aliphatic carbocycles. The number of phenolic OH excluding ortho intramolecular Hbond substituents is 1. The van der Waals surface area contributed by atoms with E-state index in [2.05, 4.69) is 27.4 Å². The molecule has 2 aromatic carbocycles. The van der Waals surface area contributed by atoms with Crippen molar-refractivity contribution in [2.24, 2.45) is 0 Å². The van der Waals surface area contributed by atoms with Crippen LogP contribution in [0.15, 0.2) is 53.7 Å². The first-order chi connectivity index (χ1) is 14.2. The molecule has 0 saturated carbocycles. The fraction of sp³-hybridized carbons (Fsp3) is 0.318. The molecule has 7 heteroatoms. The molecule has 4 rings (SSSR count). The number of benzene rings is 2. The van der Waals surface area contributed by atoms with Crippen LogP contribution in [-0.4, -0.2) is 26.0 Å². The number of nitrogens with one attached hydrogen (secondary N) is 1. The van der Waals surface area contributed by atoms with Gasteiger partial charge in [0.15, 0.2) is 11.9 Å². The summed E-state index contributed by atoms with van der Waals surface area (Å²) < 4.78 is 6.22. The summed E-state index contributed by atoms with van der Waals surface area (Å²) in [6, 6.07) is 14.9. The average Bonchev–Trinajstić information content (AvgIpc) is 2.90. The molecule has 0 radical (unpaired) electrons. The molecule has 6 nitrogen and oxygen atoms in total. The van der Waals surface area contributed by atoms with E-state index < -0.39 is 6.23 Å². The largest absolute Gasteiger partial charge is 0.508 e. The van der Waals surface area contributed by atoms with Crippen LogP contribution < -0.4 is 10.1 Å². The number of ether oxygens (including phenoxy) is 1. The van der Waals surface area contributed by atoms with E-state index in [0.29, 0.717) is 16.7 Å². The van der Waals surface area contributed by atoms with Crippen LogP contribution in [-0.2, 0) is 0 Å². The monoisotopic (exact) mass is 408 g/mol. The molecule has 0 amide bonds. The second kappa shape index (κ2) is 9.13. The van der Waals surface area contributed by atoms with E-state index in [9.17, 15) is 5.11 Å². The van der Waals surface area contributed by atoms with Crippen LogP contribution in [0, 0.1) is 0 Å². The number of thioether (sulfide) groups is 1. The van der Waals surface area contributed by atoms with Gasteiger partial charge in [-0.2, -0.15) is 4.98 Å². The lowest BCUT2D eigenvalue weighted by atomic mass is 10.1. The standard InChI is InChI=1S/C22H24N4O2S/c1-2-3-4-7-13-29-22-24-21-19(25-26-22)17-11-5-6-12-18(17)23-20(28-21)15-9-8-10-16(27)14-15/h5-6,8-12,14,20,23,27H,2-4,7,13H2,1H3/t20-/m0/s1. The fourth-order valence-electron chi connectivity index (χ4n) is 3.24. The van der Waals surface area contributed by atoms with Crippen molar-refractivity contribution in [3.63, 3.8) is 0 Å². The molecule has 0 saturated heterocycles. The van der Waals surface area contributed by atoms with Crippen molar-refractivity contribution in [3.05, 3.63) is 54.1 Å². The summed E-state index contributed by atoms with van der Waals surface area (Å²) >= 11 is 1.61. The maximum absolute atomic E-state index is 9.88. The van der Waals surface area contributed by atoms with E-state index in [1.165, 1.54) is 19.3 Å². The summed E-state index contributed by atoms with van der Waals surface area (Å²) in [7, 11) is 0. The number of aromatic nitrogens is 3. The number of fused-ring (bicyclic) bond motifs is 3. The highest BCUT2D eigenvalue weighted by Crippen LogP contribution is 2.39. The third kappa shape index (κ3) is 4.62. The van der Waals surface area contributed by atoms with Crippen molar-refractivity contribution in [1.29, 1.82) is 0 Å². The van der Waals surface area contributed by atoms with E-state index in [4.69, 9.17) is 4.74 Å². The van der Waals surface area contributed by atoms with Crippen LogP contribution in [0.3, 0.4) is 0 Å². The van der Waals surface area contributed by atoms with Crippen LogP contribution in [0.25, 0.3) is 11.3 Å². The molecule has 0 bridgehead atoms. The van der Waals surface area contributed by atoms with Gasteiger partial charge in [-0.1, -0.05) is 68.3 Å². The highest BCUT2D eigenvalue weighted by atomic mass is 32.2. The fourth-order valence-corrected chi connectivity index (χ4v) is 4.02. The molecule has 29 heavy (non-hydrogen) atoms. The third-order valence-electron chi connectivity index (χ3n) is 4.74. The number of para-hydroxylation sites is 1. The quantitative estimate of drug-likeness (QED) is 0.399. The summed E-state index contributed by atoms with van der Waals surface area (Å²) in [5, 5.41) is 22.6. The molecule has 1 aliphatic heterocycles. The topological polar surface area (TPSA) is 80.2 Å². The summed E-state index contributed by atoms with van der Waals surface area (Å²) in [6.45, 7) is 2.21. The predicted molar refractivity (Wildman–Crippen MR) is 115 cm³/mol. The van der Waals surface area contributed by atoms with Gasteiger partial charge in [-0.15, -0.1) is 10.2 Å². The number of rotatable bonds is 7. The summed E-state index contributed by atoms with van der Waals surface area (Å²) in [4.78, 5) is 4.65. The minimum atomic E-state index is -0.497. The molecule has 1 aromatic heterocycles. The van der Waals surface area contributed by atoms with Gasteiger partial charge in [-0.05, 0) is 24.6 Å². The van der Waals surface area contributed by atoms with Gasteiger partial charge in [0.25, 0.3) is 0 Å². The molecule has 0 unspecified atom stereocenters. The number of unbranched alkanes of at least 4 members (excludes halogenated alkanes) is 3. The Morgan fingerprint density at radius 2 is 1.97 bits per heavy atom. The molecule has 150 valence electrons. The van der Waals surface area contributed by atoms with Crippen LogP contribution >= 0.6 is 11.8 Å². The molecule has 1 aliphatic rings. The van der Waals surface area contributed by atoms with E-state index >= 15 is 0 Å². The molecule has 2 N–H and O–H groups in total. The number of hydrogen-bond donors (Lipinski definition) is 2. The summed E-state index contributed by atoms with van der Waals surface area (Å²) in [6.07, 6.45) is 4.33. The Bertz CT molecular complexity index is 983. The minimum absolute atomic E-state index is 0.190. The minimum Gasteiger partial charge on any atom is -0.508 e. The molecular formula is C22H24N4O2S. The Balaban J connectivity index is 1.63. The van der Waals surface area contributed by atoms with Crippen LogP contribution in [0.1, 0.15) is 44.4 Å². The summed E-state index contributed by atoms with van der Waals surface area (Å²) in [5.41, 5.74) is 3.20. The lowest BCUT2D eigenvalue weighted by Gasteiger charge is -2.19. The van der Waals surface area contributed by atoms with Crippen LogP contribution in [0.2, 0.25) is 0 Å². The third-order valence-corrected chi connectivity index (χ3v) is 5.66. The van der Waals surface area contributed by atoms with Crippen molar-refractivity contribution in [2.45, 2.75) is 44.0 Å². The van der Waals surface area contributed by atoms with Gasteiger partial charge in [0.05, 0.1) is 0 Å². The maximum Gasteiger partial charge on any atom is 0.247 e. The zero-order valence-corrected chi connectivity index (χ0v) is 17.2. The zero-order valence-electron chi connectivity index (χ0n) is 16.3. The number of phenols is 1. The van der Waals surface area contributed by atoms with E-state index in [1.54, 1.807) is 30.0 Å². The van der Waals surface area contributed by atoms with Crippen molar-refractivity contribution < 1.29 is 9.84 Å². The molecule has 0 fully saturated rings. The van der Waals surface area contributed by atoms with Gasteiger partial charge in [-0.3, -0.25) is 0 Å². The second-order valence-electron chi connectivity index (χ2n) is 6.94. The lowest BCUT2D eigenvalue weighted by molar-refractivity contribution is 0.225. The van der Waals surface area contributed by atoms with Crippen molar-refractivity contribution in [1.82, 2.24) is 15.2 Å². The highest BCUT2D eigenvalue weighted by Gasteiger charge is 2.26. The van der Waals surface area contributed by atoms with Crippen molar-refractivity contribution in [3.8, 4) is 22.9 Å². The van der Waals surface area contributed by atoms with Gasteiger partial charge >= 0.3 is 0 Å². The molecule has 3 aromatic rings. The Hall–Kier alpha value is -2.80. The number of aromatic hydroxyl groups is 1. The average molecular weight is 409 g/mol. The zero-order chi connectivity index (χ0) is 20.1. The normalized spacial score (nSPS) is 14.9. The summed E-state index contributed by atoms with van der Waals surface area (Å²) in [5.74, 6) is 1.60. The number of nitrogens with zero attached hydrogens (tertiary/aromatic N) is 3. The Morgan fingerprint density at radius 3 is 2.83 bits per heavy atom. The highest BCUT2D eigenvalue weighted by molar-refractivity contribution is 7.99. The van der Waals surface area contributed by atoms with E-state index in [1.807, 2.05) is 30.3 Å². The SMILES string of the molecule is CCCCCCSc1nnc2c(n1)O[C@@H](c1cccc(O)c1)Nc1ccccc1-2. The Labute approximate surface area is 174 Å². The number of anilines is 1. The van der Waals surface area contributed by atoms with E-state index in [-0.39, 0.29) is 5.75 Å². The molecule has 0 spiro atoms. The Kier molecular flexibility index (Phi) is 6.14. The first kappa shape index (κ1) is 19.5. The molecular weight excluding hydrogens is 384 g/mol. The smallest absolute Gasteiger partial charge is 0.247 e. The molecule has 2 heterocycles. The van der Waals surface area contributed by atoms with Gasteiger partial charge in [0.1, 0.15) is 5.75 Å². The van der Waals surface area contributed by atoms with Crippen molar-refractivity contribution in [2.75, 3.05) is 11.1 Å². The predicted octanol–water partition coefficient (Wildman–Crippen LogP) is 5.42. The van der Waals surface area contributed by atoms with E-state index in [0.717, 1.165) is 29.0 Å². The second-order valence-corrected chi connectivity index (χ2v) is 8.00.